The first-order valence-corrected chi connectivity index (χ1v) is 10.3. The molecule has 0 saturated carbocycles. The maximum absolute atomic E-state index is 4.18. The van der Waals surface area contributed by atoms with Crippen molar-refractivity contribution in [1.82, 2.24) is 0 Å². The highest BCUT2D eigenvalue weighted by molar-refractivity contribution is 5.86. The van der Waals surface area contributed by atoms with E-state index < -0.39 is 0 Å². The van der Waals surface area contributed by atoms with Gasteiger partial charge in [-0.25, -0.2) is 0 Å². The molecule has 0 heterocycles. The minimum absolute atomic E-state index is 0.855. The molecule has 0 N–H and O–H groups in total. The lowest BCUT2D eigenvalue weighted by molar-refractivity contribution is 1.23. The number of aliphatic imine (C=N–C) groups is 1. The number of aryl methyl sites for hydroxylation is 3. The van der Waals surface area contributed by atoms with Crippen molar-refractivity contribution in [3.05, 3.63) is 113 Å². The fourth-order valence-corrected chi connectivity index (χ4v) is 3.46. The van der Waals surface area contributed by atoms with Crippen molar-refractivity contribution in [3.63, 3.8) is 0 Å². The second-order valence-electron chi connectivity index (χ2n) is 7.65. The molecule has 0 aliphatic rings. The third-order valence-corrected chi connectivity index (χ3v) is 5.27. The Kier molecular flexibility index (Phi) is 7.03. The van der Waals surface area contributed by atoms with Gasteiger partial charge in [-0.15, -0.1) is 0 Å². The molecule has 0 aliphatic heterocycles. The molecule has 3 rings (SSSR count). The summed E-state index contributed by atoms with van der Waals surface area (Å²) in [5.74, 6) is 0. The maximum atomic E-state index is 4.18. The number of allylic oxidation sites excluding steroid dienone is 2. The Balaban J connectivity index is 2.02. The van der Waals surface area contributed by atoms with E-state index in [0.29, 0.717) is 0 Å². The van der Waals surface area contributed by atoms with Crippen LogP contribution >= 0.6 is 0 Å². The molecule has 0 aliphatic carbocycles. The number of rotatable bonds is 7. The predicted molar refractivity (Wildman–Crippen MR) is 132 cm³/mol. The number of nitrogens with zero attached hydrogens (tertiary/aromatic N) is 2. The lowest BCUT2D eigenvalue weighted by Crippen LogP contribution is -2.10. The van der Waals surface area contributed by atoms with Gasteiger partial charge in [-0.05, 0) is 73.7 Å². The minimum atomic E-state index is 0.855. The monoisotopic (exact) mass is 394 g/mol. The molecule has 3 aromatic carbocycles. The molecule has 3 aromatic rings. The van der Waals surface area contributed by atoms with Crippen molar-refractivity contribution >= 4 is 23.2 Å². The van der Waals surface area contributed by atoms with Gasteiger partial charge in [-0.1, -0.05) is 66.2 Å². The fraction of sp³-hybridized carbons (Fsp3) is 0.179. The highest BCUT2D eigenvalue weighted by Gasteiger charge is 2.12. The largest absolute Gasteiger partial charge is 0.317 e. The van der Waals surface area contributed by atoms with Gasteiger partial charge in [0.15, 0.2) is 0 Å². The predicted octanol–water partition coefficient (Wildman–Crippen LogP) is 7.22. The topological polar surface area (TPSA) is 15.6 Å². The third-order valence-electron chi connectivity index (χ3n) is 5.27. The first-order chi connectivity index (χ1) is 14.5. The smallest absolute Gasteiger partial charge is 0.0490 e. The summed E-state index contributed by atoms with van der Waals surface area (Å²) in [6.45, 7) is 10.4. The summed E-state index contributed by atoms with van der Waals surface area (Å²) < 4.78 is 0. The Morgan fingerprint density at radius 3 is 2.13 bits per heavy atom. The van der Waals surface area contributed by atoms with Gasteiger partial charge in [0.25, 0.3) is 0 Å². The molecular formula is C28H30N2. The fourth-order valence-electron chi connectivity index (χ4n) is 3.46. The van der Waals surface area contributed by atoms with E-state index in [1.807, 2.05) is 12.4 Å². The van der Waals surface area contributed by atoms with E-state index in [1.54, 1.807) is 7.05 Å². The quantitative estimate of drug-likeness (QED) is 0.386. The normalized spacial score (nSPS) is 11.7. The Morgan fingerprint density at radius 2 is 1.53 bits per heavy atom. The van der Waals surface area contributed by atoms with Crippen molar-refractivity contribution in [2.45, 2.75) is 27.2 Å². The van der Waals surface area contributed by atoms with Gasteiger partial charge in [-0.2, -0.15) is 0 Å². The van der Waals surface area contributed by atoms with Crippen molar-refractivity contribution < 1.29 is 0 Å². The van der Waals surface area contributed by atoms with E-state index >= 15 is 0 Å². The second kappa shape index (κ2) is 9.89. The molecule has 0 bridgehead atoms. The van der Waals surface area contributed by atoms with Crippen LogP contribution in [0.2, 0.25) is 0 Å². The first kappa shape index (κ1) is 21.3. The van der Waals surface area contributed by atoms with Crippen molar-refractivity contribution in [1.29, 1.82) is 0 Å². The molecule has 152 valence electrons. The summed E-state index contributed by atoms with van der Waals surface area (Å²) in [7, 11) is 1.80. The van der Waals surface area contributed by atoms with Gasteiger partial charge in [0.05, 0.1) is 0 Å². The zero-order chi connectivity index (χ0) is 21.5. The molecule has 2 heteroatoms. The van der Waals surface area contributed by atoms with E-state index in [9.17, 15) is 0 Å². The molecule has 0 saturated heterocycles. The summed E-state index contributed by atoms with van der Waals surface area (Å²) in [4.78, 5) is 6.32. The van der Waals surface area contributed by atoms with Crippen LogP contribution in [0.4, 0.5) is 11.4 Å². The summed E-state index contributed by atoms with van der Waals surface area (Å²) in [5, 5.41) is 0. The molecule has 0 unspecified atom stereocenters. The van der Waals surface area contributed by atoms with Crippen molar-refractivity contribution in [2.24, 2.45) is 4.99 Å². The maximum Gasteiger partial charge on any atom is 0.0490 e. The molecule has 0 spiro atoms. The molecule has 0 atom stereocenters. The van der Waals surface area contributed by atoms with Crippen molar-refractivity contribution in [2.75, 3.05) is 11.9 Å². The van der Waals surface area contributed by atoms with Crippen LogP contribution in [-0.4, -0.2) is 13.3 Å². The number of hydrogen-bond acceptors (Lipinski definition) is 2. The van der Waals surface area contributed by atoms with Gasteiger partial charge in [0.2, 0.25) is 0 Å². The average molecular weight is 395 g/mol. The van der Waals surface area contributed by atoms with Crippen LogP contribution < -0.4 is 4.90 Å². The van der Waals surface area contributed by atoms with Crippen LogP contribution in [-0.2, 0) is 6.42 Å². The van der Waals surface area contributed by atoms with E-state index in [0.717, 1.165) is 17.8 Å². The molecule has 0 aromatic heterocycles. The minimum Gasteiger partial charge on any atom is -0.317 e. The highest BCUT2D eigenvalue weighted by Crippen LogP contribution is 2.32. The van der Waals surface area contributed by atoms with Crippen LogP contribution in [0.5, 0.6) is 0 Å². The zero-order valence-electron chi connectivity index (χ0n) is 18.4. The van der Waals surface area contributed by atoms with Crippen molar-refractivity contribution in [3.8, 4) is 0 Å². The molecule has 0 fully saturated rings. The Bertz CT molecular complexity index is 1050. The Hall–Kier alpha value is -3.39. The molecule has 30 heavy (non-hydrogen) atoms. The average Bonchev–Trinajstić information content (AvgIpc) is 2.75. The van der Waals surface area contributed by atoms with Crippen LogP contribution in [0.1, 0.15) is 27.8 Å². The molecule has 0 amide bonds. The number of benzene rings is 3. The Morgan fingerprint density at radius 1 is 0.900 bits per heavy atom. The summed E-state index contributed by atoms with van der Waals surface area (Å²) in [6.07, 6.45) is 6.72. The van der Waals surface area contributed by atoms with Gasteiger partial charge in [0, 0.05) is 30.8 Å². The van der Waals surface area contributed by atoms with Gasteiger partial charge in [-0.3, -0.25) is 4.99 Å². The molecule has 2 nitrogen and oxygen atoms in total. The number of hydrogen-bond donors (Lipinski definition) is 0. The van der Waals surface area contributed by atoms with Crippen LogP contribution in [0.25, 0.3) is 5.57 Å². The second-order valence-corrected chi connectivity index (χ2v) is 7.65. The van der Waals surface area contributed by atoms with E-state index in [2.05, 4.69) is 110 Å². The van der Waals surface area contributed by atoms with E-state index in [4.69, 9.17) is 0 Å². The molecular weight excluding hydrogens is 364 g/mol. The lowest BCUT2D eigenvalue weighted by atomic mass is 9.95. The summed E-state index contributed by atoms with van der Waals surface area (Å²) >= 11 is 0. The van der Waals surface area contributed by atoms with Gasteiger partial charge in [0.1, 0.15) is 0 Å². The molecule has 0 radical (unpaired) electrons. The lowest BCUT2D eigenvalue weighted by Gasteiger charge is -2.24. The van der Waals surface area contributed by atoms with Crippen LogP contribution in [0.15, 0.2) is 90.6 Å². The summed E-state index contributed by atoms with van der Waals surface area (Å²) in [5.41, 5.74) is 9.68. The van der Waals surface area contributed by atoms with Gasteiger partial charge >= 0.3 is 0 Å². The number of anilines is 2. The standard InChI is InChI=1S/C28H30N2/c1-6-30(27-15-9-22(3)10-16-27)28-20-25(14-11-23(28)4)26(17-18-29-5)19-24-12-7-21(2)8-13-24/h6-18,20H,1,19H2,2-5H3/b26-17+,29-18?. The van der Waals surface area contributed by atoms with E-state index in [1.165, 1.54) is 33.4 Å². The first-order valence-electron chi connectivity index (χ1n) is 10.3. The summed E-state index contributed by atoms with van der Waals surface area (Å²) in [6, 6.07) is 23.9. The SMILES string of the molecule is C=CN(c1ccc(C)cc1)c1cc(/C(=C/C=NC)Cc2ccc(C)cc2)ccc1C. The van der Waals surface area contributed by atoms with Crippen LogP contribution in [0.3, 0.4) is 0 Å². The highest BCUT2D eigenvalue weighted by atomic mass is 15.1. The Labute approximate surface area is 180 Å². The van der Waals surface area contributed by atoms with Crippen LogP contribution in [0, 0.1) is 20.8 Å². The van der Waals surface area contributed by atoms with Gasteiger partial charge < -0.3 is 4.90 Å². The zero-order valence-corrected chi connectivity index (χ0v) is 18.4. The third kappa shape index (κ3) is 5.15. The van der Waals surface area contributed by atoms with E-state index in [-0.39, 0.29) is 0 Å².